The van der Waals surface area contributed by atoms with E-state index < -0.39 is 6.10 Å². The van der Waals surface area contributed by atoms with Gasteiger partial charge in [0, 0.05) is 5.02 Å². The van der Waals surface area contributed by atoms with Crippen LogP contribution in [0.15, 0.2) is 48.5 Å². The number of carbonyl (C=O) groups is 1. The van der Waals surface area contributed by atoms with E-state index in [2.05, 4.69) is 5.32 Å². The van der Waals surface area contributed by atoms with Gasteiger partial charge in [-0.05, 0) is 49.2 Å². The summed E-state index contributed by atoms with van der Waals surface area (Å²) in [4.78, 5) is 12.2. The van der Waals surface area contributed by atoms with Crippen LogP contribution in [-0.2, 0) is 11.4 Å². The maximum absolute atomic E-state index is 12.2. The lowest BCUT2D eigenvalue weighted by atomic mass is 10.1. The lowest BCUT2D eigenvalue weighted by molar-refractivity contribution is -0.127. The van der Waals surface area contributed by atoms with Crippen LogP contribution in [0.25, 0.3) is 0 Å². The normalized spacial score (nSPS) is 13.2. The molecule has 0 aromatic heterocycles. The van der Waals surface area contributed by atoms with Crippen LogP contribution in [-0.4, -0.2) is 17.1 Å². The third kappa shape index (κ3) is 4.98. The van der Waals surface area contributed by atoms with Crippen LogP contribution in [0.5, 0.6) is 5.75 Å². The first kappa shape index (κ1) is 17.3. The zero-order chi connectivity index (χ0) is 16.8. The van der Waals surface area contributed by atoms with Gasteiger partial charge in [0.1, 0.15) is 5.75 Å². The molecule has 2 unspecified atom stereocenters. The summed E-state index contributed by atoms with van der Waals surface area (Å²) in [6.45, 7) is 3.53. The molecule has 0 saturated carbocycles. The molecule has 0 aliphatic heterocycles. The average molecular weight is 334 g/mol. The first-order valence-corrected chi connectivity index (χ1v) is 7.79. The van der Waals surface area contributed by atoms with Crippen LogP contribution in [0.2, 0.25) is 5.02 Å². The molecule has 0 aliphatic rings. The predicted octanol–water partition coefficient (Wildman–Crippen LogP) is 3.48. The van der Waals surface area contributed by atoms with Gasteiger partial charge in [-0.2, -0.15) is 0 Å². The summed E-state index contributed by atoms with van der Waals surface area (Å²) in [5, 5.41) is 12.7. The Hall–Kier alpha value is -2.04. The fourth-order valence-corrected chi connectivity index (χ4v) is 2.27. The van der Waals surface area contributed by atoms with E-state index in [-0.39, 0.29) is 18.6 Å². The first-order chi connectivity index (χ1) is 11.0. The van der Waals surface area contributed by atoms with Crippen molar-refractivity contribution in [2.24, 2.45) is 0 Å². The Kier molecular flexibility index (Phi) is 6.02. The van der Waals surface area contributed by atoms with Crippen molar-refractivity contribution in [1.82, 2.24) is 5.32 Å². The Morgan fingerprint density at radius 3 is 2.57 bits per heavy atom. The second-order valence-corrected chi connectivity index (χ2v) is 5.78. The van der Waals surface area contributed by atoms with Crippen LogP contribution in [0, 0.1) is 0 Å². The van der Waals surface area contributed by atoms with E-state index in [1.165, 1.54) is 0 Å². The Bertz CT molecular complexity index is 658. The lowest BCUT2D eigenvalue weighted by Gasteiger charge is -2.19. The molecule has 0 saturated heterocycles. The standard InChI is InChI=1S/C18H20ClNO3/c1-12(15-6-8-16(19)9-7-15)20-18(22)13(2)23-17-5-3-4-14(10-17)11-21/h3-10,12-13,21H,11H2,1-2H3,(H,20,22). The molecule has 2 aromatic rings. The maximum Gasteiger partial charge on any atom is 0.261 e. The van der Waals surface area contributed by atoms with Crippen molar-refractivity contribution in [3.05, 3.63) is 64.7 Å². The molecule has 0 spiro atoms. The summed E-state index contributed by atoms with van der Waals surface area (Å²) in [6.07, 6.45) is -0.640. The van der Waals surface area contributed by atoms with Crippen molar-refractivity contribution in [2.75, 3.05) is 0 Å². The number of amides is 1. The van der Waals surface area contributed by atoms with Crippen molar-refractivity contribution in [3.8, 4) is 5.75 Å². The van der Waals surface area contributed by atoms with Gasteiger partial charge in [-0.15, -0.1) is 0 Å². The number of halogens is 1. The van der Waals surface area contributed by atoms with Gasteiger partial charge in [-0.3, -0.25) is 4.79 Å². The highest BCUT2D eigenvalue weighted by Gasteiger charge is 2.17. The van der Waals surface area contributed by atoms with E-state index in [1.807, 2.05) is 19.1 Å². The summed E-state index contributed by atoms with van der Waals surface area (Å²) in [5.74, 6) is 0.347. The van der Waals surface area contributed by atoms with E-state index in [1.54, 1.807) is 43.3 Å². The number of hydrogen-bond acceptors (Lipinski definition) is 3. The molecule has 1 amide bonds. The van der Waals surface area contributed by atoms with Crippen molar-refractivity contribution >= 4 is 17.5 Å². The highest BCUT2D eigenvalue weighted by molar-refractivity contribution is 6.30. The molecule has 2 atom stereocenters. The molecule has 23 heavy (non-hydrogen) atoms. The molecular formula is C18H20ClNO3. The van der Waals surface area contributed by atoms with Gasteiger partial charge in [-0.1, -0.05) is 35.9 Å². The molecule has 0 aliphatic carbocycles. The fraction of sp³-hybridized carbons (Fsp3) is 0.278. The van der Waals surface area contributed by atoms with Crippen molar-refractivity contribution in [2.45, 2.75) is 32.6 Å². The van der Waals surface area contributed by atoms with E-state index in [0.717, 1.165) is 11.1 Å². The lowest BCUT2D eigenvalue weighted by Crippen LogP contribution is -2.37. The van der Waals surface area contributed by atoms with Gasteiger partial charge >= 0.3 is 0 Å². The maximum atomic E-state index is 12.2. The van der Waals surface area contributed by atoms with Crippen LogP contribution in [0.1, 0.15) is 31.0 Å². The van der Waals surface area contributed by atoms with Crippen molar-refractivity contribution in [1.29, 1.82) is 0 Å². The SMILES string of the molecule is CC(Oc1cccc(CO)c1)C(=O)NC(C)c1ccc(Cl)cc1. The third-order valence-electron chi connectivity index (χ3n) is 3.49. The van der Waals surface area contributed by atoms with Crippen LogP contribution >= 0.6 is 11.6 Å². The minimum atomic E-state index is -0.640. The Morgan fingerprint density at radius 1 is 1.22 bits per heavy atom. The van der Waals surface area contributed by atoms with Crippen LogP contribution < -0.4 is 10.1 Å². The van der Waals surface area contributed by atoms with Crippen LogP contribution in [0.3, 0.4) is 0 Å². The number of aliphatic hydroxyl groups is 1. The minimum absolute atomic E-state index is 0.0641. The summed E-state index contributed by atoms with van der Waals surface area (Å²) in [7, 11) is 0. The van der Waals surface area contributed by atoms with Gasteiger partial charge in [-0.25, -0.2) is 0 Å². The largest absolute Gasteiger partial charge is 0.481 e. The average Bonchev–Trinajstić information content (AvgIpc) is 2.55. The molecule has 2 rings (SSSR count). The Balaban J connectivity index is 1.95. The Labute approximate surface area is 141 Å². The number of aliphatic hydroxyl groups excluding tert-OH is 1. The summed E-state index contributed by atoms with van der Waals surface area (Å²) in [6, 6.07) is 14.2. The van der Waals surface area contributed by atoms with Crippen molar-refractivity contribution < 1.29 is 14.6 Å². The Morgan fingerprint density at radius 2 is 1.91 bits per heavy atom. The number of nitrogens with one attached hydrogen (secondary N) is 1. The molecule has 0 fully saturated rings. The number of rotatable bonds is 6. The van der Waals surface area contributed by atoms with Gasteiger partial charge in [0.05, 0.1) is 12.6 Å². The zero-order valence-electron chi connectivity index (χ0n) is 13.1. The number of ether oxygens (including phenoxy) is 1. The molecule has 2 aromatic carbocycles. The van der Waals surface area contributed by atoms with Gasteiger partial charge in [0.2, 0.25) is 0 Å². The second kappa shape index (κ2) is 7.99. The molecule has 122 valence electrons. The van der Waals surface area contributed by atoms with Crippen molar-refractivity contribution in [3.63, 3.8) is 0 Å². The fourth-order valence-electron chi connectivity index (χ4n) is 2.14. The molecule has 5 heteroatoms. The summed E-state index contributed by atoms with van der Waals surface area (Å²) in [5.41, 5.74) is 1.71. The second-order valence-electron chi connectivity index (χ2n) is 5.35. The number of carbonyl (C=O) groups excluding carboxylic acids is 1. The number of benzene rings is 2. The molecule has 4 nitrogen and oxygen atoms in total. The van der Waals surface area contributed by atoms with Crippen LogP contribution in [0.4, 0.5) is 0 Å². The molecule has 2 N–H and O–H groups in total. The van der Waals surface area contributed by atoms with Gasteiger partial charge < -0.3 is 15.2 Å². The van der Waals surface area contributed by atoms with E-state index in [9.17, 15) is 4.79 Å². The zero-order valence-corrected chi connectivity index (χ0v) is 13.9. The van der Waals surface area contributed by atoms with Gasteiger partial charge in [0.15, 0.2) is 6.10 Å². The number of hydrogen-bond donors (Lipinski definition) is 2. The third-order valence-corrected chi connectivity index (χ3v) is 3.74. The highest BCUT2D eigenvalue weighted by Crippen LogP contribution is 2.18. The predicted molar refractivity (Wildman–Crippen MR) is 90.5 cm³/mol. The van der Waals surface area contributed by atoms with E-state index >= 15 is 0 Å². The smallest absolute Gasteiger partial charge is 0.261 e. The molecular weight excluding hydrogens is 314 g/mol. The topological polar surface area (TPSA) is 58.6 Å². The highest BCUT2D eigenvalue weighted by atomic mass is 35.5. The van der Waals surface area contributed by atoms with Gasteiger partial charge in [0.25, 0.3) is 5.91 Å². The van der Waals surface area contributed by atoms with E-state index in [0.29, 0.717) is 10.8 Å². The minimum Gasteiger partial charge on any atom is -0.481 e. The quantitative estimate of drug-likeness (QED) is 0.851. The first-order valence-electron chi connectivity index (χ1n) is 7.42. The summed E-state index contributed by atoms with van der Waals surface area (Å²) >= 11 is 5.86. The molecule has 0 radical (unpaired) electrons. The van der Waals surface area contributed by atoms with E-state index in [4.69, 9.17) is 21.4 Å². The molecule has 0 heterocycles. The monoisotopic (exact) mass is 333 g/mol. The summed E-state index contributed by atoms with van der Waals surface area (Å²) < 4.78 is 5.63. The molecule has 0 bridgehead atoms.